The number of carbonyl (C=O) groups excluding carboxylic acids is 1. The lowest BCUT2D eigenvalue weighted by Gasteiger charge is -2.26. The molecule has 0 spiro atoms. The topological polar surface area (TPSA) is 64.0 Å². The molecule has 1 unspecified atom stereocenters. The van der Waals surface area contributed by atoms with Crippen LogP contribution in [-0.2, 0) is 16.6 Å². The lowest BCUT2D eigenvalue weighted by Crippen LogP contribution is -2.44. The van der Waals surface area contributed by atoms with Crippen LogP contribution in [-0.4, -0.2) is 53.8 Å². The molecule has 5 nitrogen and oxygen atoms in total. The van der Waals surface area contributed by atoms with Crippen molar-refractivity contribution in [2.75, 3.05) is 37.7 Å². The summed E-state index contributed by atoms with van der Waals surface area (Å²) in [5.74, 6) is 4.05. The molecule has 1 heterocycles. The van der Waals surface area contributed by atoms with Crippen molar-refractivity contribution in [3.05, 3.63) is 76.9 Å². The van der Waals surface area contributed by atoms with Crippen molar-refractivity contribution in [3.63, 3.8) is 0 Å². The first kappa shape index (κ1) is 25.7. The van der Waals surface area contributed by atoms with Crippen LogP contribution in [0.5, 0.6) is 0 Å². The molecule has 188 valence electrons. The number of rotatable bonds is 6. The Bertz CT molecular complexity index is 1360. The van der Waals surface area contributed by atoms with E-state index < -0.39 is 35.4 Å². The fraction of sp³-hybridized carbons (Fsp3) is 0.321. The van der Waals surface area contributed by atoms with Gasteiger partial charge in [0.05, 0.1) is 11.3 Å². The molecule has 4 rings (SSSR count). The van der Waals surface area contributed by atoms with Gasteiger partial charge in [-0.15, -0.1) is 0 Å². The van der Waals surface area contributed by atoms with E-state index in [1.54, 1.807) is 24.3 Å². The van der Waals surface area contributed by atoms with E-state index in [0.717, 1.165) is 11.5 Å². The molecule has 2 N–H and O–H groups in total. The summed E-state index contributed by atoms with van der Waals surface area (Å²) in [6.45, 7) is 5.31. The molecule has 3 aromatic rings. The van der Waals surface area contributed by atoms with Gasteiger partial charge in [0.2, 0.25) is 0 Å². The molecular formula is C28H27F3N2O3. The summed E-state index contributed by atoms with van der Waals surface area (Å²) in [4.78, 5) is 17.1. The molecule has 0 aliphatic carbocycles. The molecule has 36 heavy (non-hydrogen) atoms. The van der Waals surface area contributed by atoms with E-state index in [1.165, 1.54) is 17.0 Å². The summed E-state index contributed by atoms with van der Waals surface area (Å²) < 4.78 is 43.2. The van der Waals surface area contributed by atoms with Gasteiger partial charge in [0.15, 0.2) is 5.60 Å². The zero-order chi connectivity index (χ0) is 26.1. The Morgan fingerprint density at radius 1 is 1.03 bits per heavy atom. The van der Waals surface area contributed by atoms with Crippen LogP contribution in [0.4, 0.5) is 18.9 Å². The first-order valence-electron chi connectivity index (χ1n) is 11.8. The van der Waals surface area contributed by atoms with E-state index in [-0.39, 0.29) is 23.4 Å². The van der Waals surface area contributed by atoms with E-state index >= 15 is 0 Å². The van der Waals surface area contributed by atoms with Crippen LogP contribution >= 0.6 is 0 Å². The molecule has 1 aliphatic rings. The standard InChI is InChI=1S/C28H27F3N2O3/c1-3-32(4-2)13-14-33-24-17-19(8-7-15-34)16-23(28(29,30)31)25(24)27(36,26(33)35)22-12-11-20-9-5-6-10-21(20)18-22/h5-6,9-12,16-18,34,36H,3-4,13-15H2,1-2H3. The van der Waals surface area contributed by atoms with E-state index in [9.17, 15) is 23.1 Å². The highest BCUT2D eigenvalue weighted by molar-refractivity contribution is 6.10. The molecule has 0 radical (unpaired) electrons. The summed E-state index contributed by atoms with van der Waals surface area (Å²) in [6, 6.07) is 14.2. The average molecular weight is 497 g/mol. The quantitative estimate of drug-likeness (QED) is 0.504. The van der Waals surface area contributed by atoms with Gasteiger partial charge in [0.1, 0.15) is 6.61 Å². The molecule has 0 fully saturated rings. The SMILES string of the molecule is CCN(CC)CCN1C(=O)C(O)(c2ccc3ccccc3c2)c2c1cc(C#CCO)cc2C(F)(F)F. The van der Waals surface area contributed by atoms with Gasteiger partial charge in [-0.2, -0.15) is 13.2 Å². The summed E-state index contributed by atoms with van der Waals surface area (Å²) in [5, 5.41) is 22.5. The number of benzene rings is 3. The van der Waals surface area contributed by atoms with Crippen molar-refractivity contribution in [1.82, 2.24) is 4.90 Å². The summed E-state index contributed by atoms with van der Waals surface area (Å²) in [6.07, 6.45) is -4.86. The molecule has 0 saturated carbocycles. The highest BCUT2D eigenvalue weighted by Crippen LogP contribution is 2.50. The number of alkyl halides is 3. The predicted molar refractivity (Wildman–Crippen MR) is 132 cm³/mol. The summed E-state index contributed by atoms with van der Waals surface area (Å²) >= 11 is 0. The molecule has 0 aromatic heterocycles. The number of halogens is 3. The lowest BCUT2D eigenvalue weighted by molar-refractivity contribution is -0.142. The van der Waals surface area contributed by atoms with Crippen molar-refractivity contribution in [2.45, 2.75) is 25.6 Å². The number of anilines is 1. The van der Waals surface area contributed by atoms with E-state index in [2.05, 4.69) is 11.8 Å². The summed E-state index contributed by atoms with van der Waals surface area (Å²) in [7, 11) is 0. The van der Waals surface area contributed by atoms with Crippen molar-refractivity contribution < 1.29 is 28.2 Å². The normalized spacial score (nSPS) is 17.4. The molecule has 1 atom stereocenters. The number of aliphatic hydroxyl groups is 2. The van der Waals surface area contributed by atoms with Crippen molar-refractivity contribution >= 4 is 22.4 Å². The van der Waals surface area contributed by atoms with Crippen LogP contribution in [0.15, 0.2) is 54.6 Å². The Hall–Kier alpha value is -3.38. The Morgan fingerprint density at radius 2 is 1.72 bits per heavy atom. The number of nitrogens with zero attached hydrogens (tertiary/aromatic N) is 2. The van der Waals surface area contributed by atoms with E-state index in [0.29, 0.717) is 25.0 Å². The monoisotopic (exact) mass is 496 g/mol. The third kappa shape index (κ3) is 4.46. The van der Waals surface area contributed by atoms with Gasteiger partial charge in [0.25, 0.3) is 5.91 Å². The van der Waals surface area contributed by atoms with Crippen molar-refractivity contribution in [2.24, 2.45) is 0 Å². The first-order valence-corrected chi connectivity index (χ1v) is 11.8. The molecule has 1 aliphatic heterocycles. The largest absolute Gasteiger partial charge is 0.416 e. The fourth-order valence-corrected chi connectivity index (χ4v) is 4.75. The second-order valence-electron chi connectivity index (χ2n) is 8.63. The fourth-order valence-electron chi connectivity index (χ4n) is 4.75. The van der Waals surface area contributed by atoms with Gasteiger partial charge in [-0.3, -0.25) is 4.79 Å². The van der Waals surface area contributed by atoms with Crippen LogP contribution in [0.3, 0.4) is 0 Å². The highest BCUT2D eigenvalue weighted by atomic mass is 19.4. The van der Waals surface area contributed by atoms with E-state index in [1.807, 2.05) is 30.9 Å². The number of hydrogen-bond donors (Lipinski definition) is 2. The zero-order valence-electron chi connectivity index (χ0n) is 20.1. The van der Waals surface area contributed by atoms with Crippen molar-refractivity contribution in [3.8, 4) is 11.8 Å². The number of amides is 1. The molecule has 8 heteroatoms. The Morgan fingerprint density at radius 3 is 2.36 bits per heavy atom. The summed E-state index contributed by atoms with van der Waals surface area (Å²) in [5.41, 5.74) is -4.12. The molecule has 0 bridgehead atoms. The molecular weight excluding hydrogens is 469 g/mol. The number of fused-ring (bicyclic) bond motifs is 2. The van der Waals surface area contributed by atoms with Crippen LogP contribution in [0.1, 0.15) is 36.1 Å². The van der Waals surface area contributed by atoms with Gasteiger partial charge >= 0.3 is 6.18 Å². The van der Waals surface area contributed by atoms with Gasteiger partial charge in [0, 0.05) is 24.2 Å². The highest BCUT2D eigenvalue weighted by Gasteiger charge is 2.55. The third-order valence-electron chi connectivity index (χ3n) is 6.64. The number of hydrogen-bond acceptors (Lipinski definition) is 4. The van der Waals surface area contributed by atoms with E-state index in [4.69, 9.17) is 5.11 Å². The maximum atomic E-state index is 14.4. The predicted octanol–water partition coefficient (Wildman–Crippen LogP) is 4.13. The second kappa shape index (κ2) is 9.94. The number of aliphatic hydroxyl groups excluding tert-OH is 1. The Labute approximate surface area is 207 Å². The van der Waals surface area contributed by atoms with Crippen LogP contribution in [0.2, 0.25) is 0 Å². The molecule has 0 saturated heterocycles. The van der Waals surface area contributed by atoms with Gasteiger partial charge in [-0.05, 0) is 47.6 Å². The third-order valence-corrected chi connectivity index (χ3v) is 6.64. The van der Waals surface area contributed by atoms with Crippen LogP contribution in [0, 0.1) is 11.8 Å². The van der Waals surface area contributed by atoms with Crippen molar-refractivity contribution in [1.29, 1.82) is 0 Å². The second-order valence-corrected chi connectivity index (χ2v) is 8.63. The van der Waals surface area contributed by atoms with Gasteiger partial charge in [-0.25, -0.2) is 0 Å². The lowest BCUT2D eigenvalue weighted by atomic mass is 9.83. The minimum absolute atomic E-state index is 0.00137. The van der Waals surface area contributed by atoms with Gasteiger partial charge in [-0.1, -0.05) is 62.1 Å². The Kier molecular flexibility index (Phi) is 7.10. The minimum atomic E-state index is -4.86. The minimum Gasteiger partial charge on any atom is -0.384 e. The maximum Gasteiger partial charge on any atom is 0.416 e. The smallest absolute Gasteiger partial charge is 0.384 e. The maximum absolute atomic E-state index is 14.4. The molecule has 1 amide bonds. The van der Waals surface area contributed by atoms with Gasteiger partial charge < -0.3 is 20.0 Å². The number of likely N-dealkylation sites (N-methyl/N-ethyl adjacent to an activating group) is 1. The van der Waals surface area contributed by atoms with Crippen LogP contribution < -0.4 is 4.90 Å². The average Bonchev–Trinajstić information content (AvgIpc) is 3.09. The first-order chi connectivity index (χ1) is 17.1. The number of carbonyl (C=O) groups is 1. The zero-order valence-corrected chi connectivity index (χ0v) is 20.1. The Balaban J connectivity index is 1.98. The molecule has 3 aromatic carbocycles. The van der Waals surface area contributed by atoms with Crippen LogP contribution in [0.25, 0.3) is 10.8 Å².